The van der Waals surface area contributed by atoms with Crippen LogP contribution in [0.2, 0.25) is 0 Å². The van der Waals surface area contributed by atoms with Crippen molar-refractivity contribution in [2.75, 3.05) is 39.3 Å². The first-order valence-corrected chi connectivity index (χ1v) is 7.73. The number of nitrogens with zero attached hydrogens (tertiary/aromatic N) is 2. The molecule has 0 amide bonds. The summed E-state index contributed by atoms with van der Waals surface area (Å²) < 4.78 is 11.2. The summed E-state index contributed by atoms with van der Waals surface area (Å²) in [6, 6.07) is 4.09. The van der Waals surface area contributed by atoms with Gasteiger partial charge in [-0.15, -0.1) is 0 Å². The first-order chi connectivity index (χ1) is 10.3. The zero-order chi connectivity index (χ0) is 14.7. The van der Waals surface area contributed by atoms with Gasteiger partial charge in [-0.1, -0.05) is 5.16 Å². The Labute approximate surface area is 125 Å². The molecule has 0 spiro atoms. The van der Waals surface area contributed by atoms with Crippen LogP contribution in [0.1, 0.15) is 18.2 Å². The second-order valence-corrected chi connectivity index (χ2v) is 5.47. The fourth-order valence-electron chi connectivity index (χ4n) is 2.86. The third-order valence-corrected chi connectivity index (χ3v) is 4.09. The van der Waals surface area contributed by atoms with Crippen LogP contribution in [0.15, 0.2) is 16.7 Å². The van der Waals surface area contributed by atoms with Crippen LogP contribution in [-0.2, 0) is 6.42 Å². The minimum Gasteiger partial charge on any atom is -0.493 e. The molecule has 0 saturated carbocycles. The first-order valence-electron chi connectivity index (χ1n) is 7.73. The van der Waals surface area contributed by atoms with Crippen LogP contribution >= 0.6 is 0 Å². The molecule has 5 heteroatoms. The van der Waals surface area contributed by atoms with Crippen molar-refractivity contribution in [3.05, 3.63) is 23.4 Å². The lowest BCUT2D eigenvalue weighted by atomic mass is 10.1. The molecule has 114 valence electrons. The van der Waals surface area contributed by atoms with Crippen LogP contribution in [0.25, 0.3) is 11.0 Å². The molecule has 0 unspecified atom stereocenters. The number of hydrogen-bond acceptors (Lipinski definition) is 5. The number of ether oxygens (including phenoxy) is 1. The van der Waals surface area contributed by atoms with Gasteiger partial charge in [0.1, 0.15) is 5.75 Å². The zero-order valence-electron chi connectivity index (χ0n) is 12.8. The number of benzene rings is 1. The van der Waals surface area contributed by atoms with Gasteiger partial charge in [0.05, 0.1) is 12.3 Å². The Morgan fingerprint density at radius 3 is 2.90 bits per heavy atom. The number of aryl methyl sites for hydroxylation is 1. The van der Waals surface area contributed by atoms with Gasteiger partial charge in [0.15, 0.2) is 5.58 Å². The molecule has 1 fully saturated rings. The van der Waals surface area contributed by atoms with Crippen molar-refractivity contribution in [1.29, 1.82) is 0 Å². The summed E-state index contributed by atoms with van der Waals surface area (Å²) in [5.74, 6) is 0.884. The molecule has 0 atom stereocenters. The Morgan fingerprint density at radius 1 is 1.33 bits per heavy atom. The van der Waals surface area contributed by atoms with Crippen LogP contribution in [0.4, 0.5) is 0 Å². The van der Waals surface area contributed by atoms with Gasteiger partial charge in [-0.3, -0.25) is 0 Å². The van der Waals surface area contributed by atoms with Crippen LogP contribution in [0.5, 0.6) is 5.75 Å². The lowest BCUT2D eigenvalue weighted by molar-refractivity contribution is 0.242. The summed E-state index contributed by atoms with van der Waals surface area (Å²) in [4.78, 5) is 2.47. The minimum atomic E-state index is 0.663. The monoisotopic (exact) mass is 289 g/mol. The highest BCUT2D eigenvalue weighted by Gasteiger charge is 2.15. The first kappa shape index (κ1) is 14.4. The van der Waals surface area contributed by atoms with Gasteiger partial charge in [-0.05, 0) is 26.0 Å². The maximum absolute atomic E-state index is 5.61. The molecule has 1 N–H and O–H groups in total. The number of hydrogen-bond donors (Lipinski definition) is 1. The molecule has 21 heavy (non-hydrogen) atoms. The molecule has 5 nitrogen and oxygen atoms in total. The predicted octanol–water partition coefficient (Wildman–Crippen LogP) is 1.98. The average molecular weight is 289 g/mol. The van der Waals surface area contributed by atoms with Crippen molar-refractivity contribution < 1.29 is 9.26 Å². The number of aromatic nitrogens is 1. The molecule has 1 aliphatic heterocycles. The second kappa shape index (κ2) is 6.45. The molecule has 2 aromatic rings. The molecular weight excluding hydrogens is 266 g/mol. The van der Waals surface area contributed by atoms with Crippen molar-refractivity contribution in [3.63, 3.8) is 0 Å². The highest BCUT2D eigenvalue weighted by molar-refractivity contribution is 5.84. The summed E-state index contributed by atoms with van der Waals surface area (Å²) in [7, 11) is 0. The standard InChI is InChI=1S/C16H23N3O2/c1-3-20-15-5-4-13-14(18-21-16(13)12(15)2)6-9-19-10-7-17-8-11-19/h4-5,17H,3,6-11H2,1-2H3. The molecule has 0 radical (unpaired) electrons. The van der Waals surface area contributed by atoms with E-state index in [0.29, 0.717) is 6.61 Å². The van der Waals surface area contributed by atoms with E-state index >= 15 is 0 Å². The molecule has 0 aliphatic carbocycles. The van der Waals surface area contributed by atoms with E-state index < -0.39 is 0 Å². The van der Waals surface area contributed by atoms with E-state index in [1.54, 1.807) is 0 Å². The average Bonchev–Trinajstić information content (AvgIpc) is 2.93. The summed E-state index contributed by atoms with van der Waals surface area (Å²) in [6.45, 7) is 10.1. The molecular formula is C16H23N3O2. The van der Waals surface area contributed by atoms with Gasteiger partial charge in [0.25, 0.3) is 0 Å². The van der Waals surface area contributed by atoms with Gasteiger partial charge in [-0.25, -0.2) is 0 Å². The molecule has 1 saturated heterocycles. The lowest BCUT2D eigenvalue weighted by Crippen LogP contribution is -2.44. The maximum Gasteiger partial charge on any atom is 0.173 e. The SMILES string of the molecule is CCOc1ccc2c(CCN3CCNCC3)noc2c1C. The van der Waals surface area contributed by atoms with Gasteiger partial charge >= 0.3 is 0 Å². The molecule has 0 bridgehead atoms. The molecule has 1 aromatic heterocycles. The van der Waals surface area contributed by atoms with Crippen molar-refractivity contribution in [2.24, 2.45) is 0 Å². The fourth-order valence-corrected chi connectivity index (χ4v) is 2.86. The van der Waals surface area contributed by atoms with Gasteiger partial charge in [0.2, 0.25) is 0 Å². The van der Waals surface area contributed by atoms with Gasteiger partial charge in [-0.2, -0.15) is 0 Å². The predicted molar refractivity (Wildman–Crippen MR) is 82.9 cm³/mol. The number of fused-ring (bicyclic) bond motifs is 1. The zero-order valence-corrected chi connectivity index (χ0v) is 12.8. The Morgan fingerprint density at radius 2 is 2.14 bits per heavy atom. The minimum absolute atomic E-state index is 0.663. The molecule has 1 aromatic carbocycles. The fraction of sp³-hybridized carbons (Fsp3) is 0.562. The number of piperazine rings is 1. The maximum atomic E-state index is 5.61. The molecule has 3 rings (SSSR count). The molecule has 2 heterocycles. The highest BCUT2D eigenvalue weighted by atomic mass is 16.5. The summed E-state index contributed by atoms with van der Waals surface area (Å²) >= 11 is 0. The smallest absolute Gasteiger partial charge is 0.173 e. The second-order valence-electron chi connectivity index (χ2n) is 5.47. The van der Waals surface area contributed by atoms with Crippen molar-refractivity contribution >= 4 is 11.0 Å². The van der Waals surface area contributed by atoms with Crippen molar-refractivity contribution in [1.82, 2.24) is 15.4 Å². The quantitative estimate of drug-likeness (QED) is 0.912. The van der Waals surface area contributed by atoms with E-state index in [2.05, 4.69) is 21.4 Å². The Bertz CT molecular complexity index is 603. The summed E-state index contributed by atoms with van der Waals surface area (Å²) in [5.41, 5.74) is 2.95. The Hall–Kier alpha value is -1.59. The van der Waals surface area contributed by atoms with E-state index in [9.17, 15) is 0 Å². The van der Waals surface area contributed by atoms with Crippen LogP contribution in [0, 0.1) is 6.92 Å². The van der Waals surface area contributed by atoms with Crippen LogP contribution in [0.3, 0.4) is 0 Å². The highest BCUT2D eigenvalue weighted by Crippen LogP contribution is 2.29. The normalized spacial score (nSPS) is 16.5. The summed E-state index contributed by atoms with van der Waals surface area (Å²) in [5, 5.41) is 8.76. The Balaban J connectivity index is 1.75. The van der Waals surface area contributed by atoms with Gasteiger partial charge in [0, 0.05) is 50.1 Å². The number of rotatable bonds is 5. The third kappa shape index (κ3) is 3.04. The molecule has 1 aliphatic rings. The van der Waals surface area contributed by atoms with Crippen LogP contribution < -0.4 is 10.1 Å². The van der Waals surface area contributed by atoms with E-state index in [-0.39, 0.29) is 0 Å². The largest absolute Gasteiger partial charge is 0.493 e. The Kier molecular flexibility index (Phi) is 4.41. The van der Waals surface area contributed by atoms with Crippen molar-refractivity contribution in [3.8, 4) is 5.75 Å². The third-order valence-electron chi connectivity index (χ3n) is 4.09. The van der Waals surface area contributed by atoms with E-state index in [4.69, 9.17) is 9.26 Å². The van der Waals surface area contributed by atoms with E-state index in [1.807, 2.05) is 19.9 Å². The van der Waals surface area contributed by atoms with Gasteiger partial charge < -0.3 is 19.5 Å². The van der Waals surface area contributed by atoms with E-state index in [0.717, 1.165) is 67.1 Å². The lowest BCUT2D eigenvalue weighted by Gasteiger charge is -2.26. The van der Waals surface area contributed by atoms with Crippen molar-refractivity contribution in [2.45, 2.75) is 20.3 Å². The van der Waals surface area contributed by atoms with E-state index in [1.165, 1.54) is 0 Å². The van der Waals surface area contributed by atoms with Crippen LogP contribution in [-0.4, -0.2) is 49.4 Å². The topological polar surface area (TPSA) is 50.5 Å². The summed E-state index contributed by atoms with van der Waals surface area (Å²) in [6.07, 6.45) is 0.931. The number of nitrogens with one attached hydrogen (secondary N) is 1.